The number of carbonyl (C=O) groups is 2. The van der Waals surface area contributed by atoms with Crippen molar-refractivity contribution in [3.8, 4) is 0 Å². The summed E-state index contributed by atoms with van der Waals surface area (Å²) in [6.07, 6.45) is -0.947. The zero-order chi connectivity index (χ0) is 22.9. The van der Waals surface area contributed by atoms with Gasteiger partial charge in [-0.05, 0) is 24.3 Å². The van der Waals surface area contributed by atoms with Crippen LogP contribution in [0.5, 0.6) is 0 Å². The lowest BCUT2D eigenvalue weighted by Crippen LogP contribution is -2.39. The van der Waals surface area contributed by atoms with Gasteiger partial charge in [-0.3, -0.25) is 19.1 Å². The number of nitrogens with zero attached hydrogens (tertiary/aromatic N) is 3. The second-order valence-electron chi connectivity index (χ2n) is 7.61. The number of aromatic nitrogens is 3. The number of rotatable bonds is 6. The van der Waals surface area contributed by atoms with Crippen LogP contribution < -0.4 is 26.8 Å². The first-order valence-electron chi connectivity index (χ1n) is 10.3. The predicted octanol–water partition coefficient (Wildman–Crippen LogP) is 0.744. The number of H-pyrrole nitrogens is 1. The molecule has 0 spiro atoms. The molecule has 1 saturated heterocycles. The highest BCUT2D eigenvalue weighted by Crippen LogP contribution is 2.32. The Labute approximate surface area is 191 Å². The van der Waals surface area contributed by atoms with E-state index in [4.69, 9.17) is 4.74 Å². The van der Waals surface area contributed by atoms with E-state index in [1.807, 2.05) is 6.07 Å². The molecule has 170 valence electrons. The van der Waals surface area contributed by atoms with Crippen molar-refractivity contribution < 1.29 is 14.3 Å². The number of hydrogen-bond donors (Lipinski definition) is 3. The Morgan fingerprint density at radius 2 is 2.00 bits per heavy atom. The molecule has 2 aliphatic rings. The number of benzene rings is 1. The minimum Gasteiger partial charge on any atom is -0.443 e. The van der Waals surface area contributed by atoms with Gasteiger partial charge in [-0.2, -0.15) is 0 Å². The highest BCUT2D eigenvalue weighted by Gasteiger charge is 2.33. The number of hydrogen-bond acceptors (Lipinski definition) is 8. The number of amides is 2. The van der Waals surface area contributed by atoms with Crippen LogP contribution in [0.25, 0.3) is 10.9 Å². The number of thioether (sulfide) groups is 1. The molecule has 2 aliphatic heterocycles. The molecule has 33 heavy (non-hydrogen) atoms. The van der Waals surface area contributed by atoms with E-state index in [1.165, 1.54) is 16.7 Å². The van der Waals surface area contributed by atoms with Crippen LogP contribution in [0.3, 0.4) is 0 Å². The third kappa shape index (κ3) is 4.22. The van der Waals surface area contributed by atoms with Crippen LogP contribution in [0.2, 0.25) is 0 Å². The third-order valence-electron chi connectivity index (χ3n) is 5.38. The van der Waals surface area contributed by atoms with Gasteiger partial charge in [0, 0.05) is 19.6 Å². The molecule has 1 atom stereocenters. The van der Waals surface area contributed by atoms with Crippen molar-refractivity contribution in [1.82, 2.24) is 19.9 Å². The summed E-state index contributed by atoms with van der Waals surface area (Å²) in [7, 11) is 0. The number of cyclic esters (lactones) is 1. The lowest BCUT2D eigenvalue weighted by molar-refractivity contribution is -0.113. The number of anilines is 2. The normalized spacial score (nSPS) is 17.7. The Morgan fingerprint density at radius 3 is 2.88 bits per heavy atom. The molecule has 1 unspecified atom stereocenters. The maximum absolute atomic E-state index is 12.6. The molecule has 0 saturated carbocycles. The van der Waals surface area contributed by atoms with Crippen LogP contribution in [0.15, 0.2) is 50.9 Å². The number of nitrogens with one attached hydrogen (secondary N) is 3. The van der Waals surface area contributed by atoms with Gasteiger partial charge in [-0.25, -0.2) is 14.6 Å². The van der Waals surface area contributed by atoms with Gasteiger partial charge in [0.15, 0.2) is 0 Å². The summed E-state index contributed by atoms with van der Waals surface area (Å²) in [6.45, 7) is 1.15. The lowest BCUT2D eigenvalue weighted by atomic mass is 10.2. The molecule has 1 fully saturated rings. The standard InChI is InChI=1S/C21H20N6O5S/c28-17-11-33-15-5-6-16(24-18(15)25-17)27-10-12(32-21(27)31)9-22-7-8-26-19(29)13-3-1-2-4-14(13)23-20(26)30/h1-6,12,22H,7-11H2,(H,23,30)(H,24,25,28). The van der Waals surface area contributed by atoms with Gasteiger partial charge in [-0.1, -0.05) is 12.1 Å². The molecule has 1 aromatic carbocycles. The van der Waals surface area contributed by atoms with Crippen LogP contribution in [0.1, 0.15) is 0 Å². The van der Waals surface area contributed by atoms with Crippen LogP contribution in [0, 0.1) is 0 Å². The Morgan fingerprint density at radius 1 is 1.15 bits per heavy atom. The largest absolute Gasteiger partial charge is 0.443 e. The highest BCUT2D eigenvalue weighted by molar-refractivity contribution is 8.00. The SMILES string of the molecule is O=C1CSc2ccc(N3CC(CNCCn4c(=O)[nH]c5ccccc5c4=O)OC3=O)nc2N1. The predicted molar refractivity (Wildman–Crippen MR) is 123 cm³/mol. The molecule has 11 nitrogen and oxygen atoms in total. The summed E-state index contributed by atoms with van der Waals surface area (Å²) in [5.74, 6) is 1.05. The second kappa shape index (κ2) is 8.71. The minimum atomic E-state index is -0.522. The molecule has 0 radical (unpaired) electrons. The van der Waals surface area contributed by atoms with E-state index in [0.29, 0.717) is 41.4 Å². The third-order valence-corrected chi connectivity index (χ3v) is 6.43. The van der Waals surface area contributed by atoms with E-state index < -0.39 is 17.9 Å². The van der Waals surface area contributed by atoms with Crippen molar-refractivity contribution in [2.24, 2.45) is 0 Å². The number of ether oxygens (including phenoxy) is 1. The molecule has 0 bridgehead atoms. The lowest BCUT2D eigenvalue weighted by Gasteiger charge is -2.18. The van der Waals surface area contributed by atoms with Crippen molar-refractivity contribution in [3.05, 3.63) is 57.2 Å². The maximum Gasteiger partial charge on any atom is 0.416 e. The molecule has 2 aromatic heterocycles. The van der Waals surface area contributed by atoms with Crippen molar-refractivity contribution >= 4 is 46.3 Å². The number of pyridine rings is 1. The Kier molecular flexibility index (Phi) is 5.60. The first kappa shape index (κ1) is 21.2. The van der Waals surface area contributed by atoms with E-state index >= 15 is 0 Å². The maximum atomic E-state index is 12.6. The fraction of sp³-hybridized carbons (Fsp3) is 0.286. The van der Waals surface area contributed by atoms with E-state index in [0.717, 1.165) is 9.46 Å². The number of fused-ring (bicyclic) bond motifs is 2. The Bertz CT molecular complexity index is 1370. The molecule has 3 N–H and O–H groups in total. The quantitative estimate of drug-likeness (QED) is 0.451. The highest BCUT2D eigenvalue weighted by atomic mass is 32.2. The Hall–Kier alpha value is -3.64. The monoisotopic (exact) mass is 468 g/mol. The summed E-state index contributed by atoms with van der Waals surface area (Å²) in [5, 5.41) is 6.29. The topological polar surface area (TPSA) is 138 Å². The van der Waals surface area contributed by atoms with E-state index in [2.05, 4.69) is 20.6 Å². The average molecular weight is 468 g/mol. The van der Waals surface area contributed by atoms with Gasteiger partial charge in [0.25, 0.3) is 5.56 Å². The van der Waals surface area contributed by atoms with Crippen LogP contribution in [0.4, 0.5) is 16.4 Å². The van der Waals surface area contributed by atoms with Gasteiger partial charge in [0.1, 0.15) is 17.7 Å². The molecule has 0 aliphatic carbocycles. The summed E-state index contributed by atoms with van der Waals surface area (Å²) >= 11 is 1.40. The van der Waals surface area contributed by atoms with Gasteiger partial charge in [0.2, 0.25) is 5.91 Å². The van der Waals surface area contributed by atoms with Crippen molar-refractivity contribution in [1.29, 1.82) is 0 Å². The van der Waals surface area contributed by atoms with Crippen LogP contribution in [-0.4, -0.2) is 58.0 Å². The van der Waals surface area contributed by atoms with Gasteiger partial charge in [-0.15, -0.1) is 11.8 Å². The van der Waals surface area contributed by atoms with Crippen molar-refractivity contribution in [2.45, 2.75) is 17.5 Å². The molecule has 3 aromatic rings. The zero-order valence-electron chi connectivity index (χ0n) is 17.4. The molecule has 4 heterocycles. The summed E-state index contributed by atoms with van der Waals surface area (Å²) in [5.41, 5.74) is -0.315. The molecular weight excluding hydrogens is 448 g/mol. The summed E-state index contributed by atoms with van der Waals surface area (Å²) < 4.78 is 6.55. The number of para-hydroxylation sites is 1. The average Bonchev–Trinajstić information content (AvgIpc) is 3.18. The first-order chi connectivity index (χ1) is 16.0. The fourth-order valence-electron chi connectivity index (χ4n) is 3.77. The Balaban J connectivity index is 1.19. The molecule has 12 heteroatoms. The van der Waals surface area contributed by atoms with E-state index in [9.17, 15) is 19.2 Å². The first-order valence-corrected chi connectivity index (χ1v) is 11.3. The summed E-state index contributed by atoms with van der Waals surface area (Å²) in [4.78, 5) is 58.1. The van der Waals surface area contributed by atoms with Crippen LogP contribution >= 0.6 is 11.8 Å². The summed E-state index contributed by atoms with van der Waals surface area (Å²) in [6, 6.07) is 10.4. The minimum absolute atomic E-state index is 0.132. The zero-order valence-corrected chi connectivity index (χ0v) is 18.2. The second-order valence-corrected chi connectivity index (χ2v) is 8.62. The molecule has 5 rings (SSSR count). The van der Waals surface area contributed by atoms with Crippen molar-refractivity contribution in [3.63, 3.8) is 0 Å². The molecule has 2 amide bonds. The van der Waals surface area contributed by atoms with Crippen LogP contribution in [-0.2, 0) is 16.1 Å². The van der Waals surface area contributed by atoms with Gasteiger partial charge < -0.3 is 20.4 Å². The van der Waals surface area contributed by atoms with E-state index in [-0.39, 0.29) is 24.6 Å². The number of carbonyl (C=O) groups excluding carboxylic acids is 2. The molecular formula is C21H20N6O5S. The number of aromatic amines is 1. The van der Waals surface area contributed by atoms with E-state index in [1.54, 1.807) is 30.3 Å². The van der Waals surface area contributed by atoms with Crippen molar-refractivity contribution in [2.75, 3.05) is 35.6 Å². The fourth-order valence-corrected chi connectivity index (χ4v) is 4.53. The smallest absolute Gasteiger partial charge is 0.416 e. The van der Waals surface area contributed by atoms with Gasteiger partial charge >= 0.3 is 11.8 Å². The van der Waals surface area contributed by atoms with Gasteiger partial charge in [0.05, 0.1) is 28.1 Å².